The van der Waals surface area contributed by atoms with Crippen molar-refractivity contribution in [2.75, 3.05) is 0 Å². The second-order valence-corrected chi connectivity index (χ2v) is 8.09. The third kappa shape index (κ3) is 6.58. The Bertz CT molecular complexity index is 936. The first kappa shape index (κ1) is 23.9. The number of ketones is 1. The number of hydrogen-bond acceptors (Lipinski definition) is 9. The molecule has 2 aromatic rings. The second-order valence-electron chi connectivity index (χ2n) is 8.09. The highest BCUT2D eigenvalue weighted by Crippen LogP contribution is 2.28. The van der Waals surface area contributed by atoms with Crippen molar-refractivity contribution in [3.63, 3.8) is 0 Å². The summed E-state index contributed by atoms with van der Waals surface area (Å²) in [7, 11) is 0. The van der Waals surface area contributed by atoms with Crippen LogP contribution in [0.15, 0.2) is 57.9 Å². The van der Waals surface area contributed by atoms with Gasteiger partial charge in [0.05, 0.1) is 0 Å². The van der Waals surface area contributed by atoms with Gasteiger partial charge in [-0.3, -0.25) is 18.7 Å². The SMILES string of the molecule is C=C(C(=O)OC(C)(C)OC(C)(C)OC(=O)OC(C)(C)c1ccccc1)C(=O)c1coo1. The molecule has 0 atom stereocenters. The summed E-state index contributed by atoms with van der Waals surface area (Å²) in [6, 6.07) is 9.15. The van der Waals surface area contributed by atoms with E-state index in [1.165, 1.54) is 27.7 Å². The Morgan fingerprint density at radius 2 is 1.42 bits per heavy atom. The number of carbonyl (C=O) groups is 3. The van der Waals surface area contributed by atoms with E-state index in [2.05, 4.69) is 15.7 Å². The van der Waals surface area contributed by atoms with E-state index in [1.807, 2.05) is 30.3 Å². The molecule has 1 aromatic heterocycles. The van der Waals surface area contributed by atoms with Crippen molar-refractivity contribution in [2.45, 2.75) is 58.7 Å². The van der Waals surface area contributed by atoms with E-state index in [4.69, 9.17) is 18.9 Å². The van der Waals surface area contributed by atoms with Gasteiger partial charge in [0.2, 0.25) is 17.4 Å². The molecule has 0 spiro atoms. The molecular formula is C22H26O9. The maximum absolute atomic E-state index is 12.3. The molecule has 0 aliphatic heterocycles. The van der Waals surface area contributed by atoms with Gasteiger partial charge in [-0.1, -0.05) is 36.9 Å². The molecule has 0 saturated heterocycles. The number of carbonyl (C=O) groups excluding carboxylic acids is 3. The monoisotopic (exact) mass is 434 g/mol. The first-order valence-electron chi connectivity index (χ1n) is 9.40. The van der Waals surface area contributed by atoms with Crippen LogP contribution in [0.2, 0.25) is 0 Å². The summed E-state index contributed by atoms with van der Waals surface area (Å²) >= 11 is 0. The van der Waals surface area contributed by atoms with Crippen molar-refractivity contribution in [3.05, 3.63) is 60.1 Å². The molecule has 0 bridgehead atoms. The number of esters is 1. The van der Waals surface area contributed by atoms with E-state index in [1.54, 1.807) is 13.8 Å². The number of rotatable bonds is 9. The van der Waals surface area contributed by atoms with E-state index in [0.29, 0.717) is 0 Å². The smallest absolute Gasteiger partial charge is 0.430 e. The summed E-state index contributed by atoms with van der Waals surface area (Å²) in [5.41, 5.74) is -0.649. The summed E-state index contributed by atoms with van der Waals surface area (Å²) < 4.78 is 30.2. The molecule has 1 heterocycles. The third-order valence-electron chi connectivity index (χ3n) is 4.00. The second kappa shape index (κ2) is 8.81. The average molecular weight is 434 g/mol. The molecule has 0 fully saturated rings. The predicted molar refractivity (Wildman–Crippen MR) is 107 cm³/mol. The van der Waals surface area contributed by atoms with E-state index in [-0.39, 0.29) is 5.76 Å². The van der Waals surface area contributed by atoms with Crippen LogP contribution in [0.4, 0.5) is 4.79 Å². The molecular weight excluding hydrogens is 408 g/mol. The fourth-order valence-corrected chi connectivity index (χ4v) is 2.68. The molecule has 0 amide bonds. The number of ether oxygens (including phenoxy) is 4. The lowest BCUT2D eigenvalue weighted by molar-refractivity contribution is -0.310. The minimum Gasteiger partial charge on any atom is -0.430 e. The van der Waals surface area contributed by atoms with Crippen molar-refractivity contribution < 1.29 is 42.5 Å². The van der Waals surface area contributed by atoms with Gasteiger partial charge in [0, 0.05) is 27.7 Å². The van der Waals surface area contributed by atoms with Gasteiger partial charge in [0.15, 0.2) is 6.26 Å². The summed E-state index contributed by atoms with van der Waals surface area (Å²) in [6.07, 6.45) is 0.0525. The normalized spacial score (nSPS) is 12.2. The molecule has 0 N–H and O–H groups in total. The molecule has 9 heteroatoms. The van der Waals surface area contributed by atoms with E-state index < -0.39 is 40.7 Å². The Morgan fingerprint density at radius 3 is 1.94 bits per heavy atom. The first-order chi connectivity index (χ1) is 14.2. The highest BCUT2D eigenvalue weighted by Gasteiger charge is 2.38. The van der Waals surface area contributed by atoms with Crippen molar-refractivity contribution in [1.82, 2.24) is 0 Å². The highest BCUT2D eigenvalue weighted by molar-refractivity contribution is 6.22. The van der Waals surface area contributed by atoms with E-state index in [0.717, 1.165) is 11.8 Å². The zero-order chi connectivity index (χ0) is 23.4. The van der Waals surface area contributed by atoms with Gasteiger partial charge >= 0.3 is 12.1 Å². The van der Waals surface area contributed by atoms with Crippen molar-refractivity contribution in [2.24, 2.45) is 0 Å². The van der Waals surface area contributed by atoms with Crippen molar-refractivity contribution in [1.29, 1.82) is 0 Å². The van der Waals surface area contributed by atoms with Crippen LogP contribution >= 0.6 is 0 Å². The Hall–Kier alpha value is -3.33. The molecule has 0 saturated carbocycles. The molecule has 0 unspecified atom stereocenters. The Morgan fingerprint density at radius 1 is 0.871 bits per heavy atom. The van der Waals surface area contributed by atoms with Gasteiger partial charge in [0.25, 0.3) is 5.76 Å². The largest absolute Gasteiger partial charge is 0.511 e. The number of Topliss-reactive ketones (excluding diaryl/α,β-unsaturated/α-hetero) is 1. The maximum Gasteiger partial charge on any atom is 0.511 e. The zero-order valence-corrected chi connectivity index (χ0v) is 18.3. The van der Waals surface area contributed by atoms with Crippen LogP contribution in [-0.2, 0) is 29.3 Å². The predicted octanol–water partition coefficient (Wildman–Crippen LogP) is 4.73. The summed E-state index contributed by atoms with van der Waals surface area (Å²) in [5.74, 6) is -5.10. The first-order valence-corrected chi connectivity index (χ1v) is 9.40. The highest BCUT2D eigenvalue weighted by atomic mass is 17.0. The van der Waals surface area contributed by atoms with Crippen molar-refractivity contribution >= 4 is 17.9 Å². The molecule has 1 aromatic carbocycles. The molecule has 0 aliphatic carbocycles. The third-order valence-corrected chi connectivity index (χ3v) is 4.00. The Labute approximate surface area is 179 Å². The zero-order valence-electron chi connectivity index (χ0n) is 18.3. The minimum absolute atomic E-state index is 0.173. The standard InChI is InChI=1S/C22H26O9/c1-14(17(23)16-13-26-30-16)18(24)27-21(4,5)31-22(6,7)29-19(25)28-20(2,3)15-11-9-8-10-12-15/h8-13H,1H2,2-7H3. The van der Waals surface area contributed by atoms with Crippen LogP contribution in [0.1, 0.15) is 57.7 Å². The quantitative estimate of drug-likeness (QED) is 0.105. The summed E-state index contributed by atoms with van der Waals surface area (Å²) in [6.45, 7) is 12.6. The van der Waals surface area contributed by atoms with Gasteiger partial charge in [-0.15, -0.1) is 0 Å². The van der Waals surface area contributed by atoms with Gasteiger partial charge in [-0.05, 0) is 19.4 Å². The van der Waals surface area contributed by atoms with Crippen LogP contribution < -0.4 is 0 Å². The fourth-order valence-electron chi connectivity index (χ4n) is 2.68. The van der Waals surface area contributed by atoms with Gasteiger partial charge in [0.1, 0.15) is 11.2 Å². The van der Waals surface area contributed by atoms with Crippen molar-refractivity contribution in [3.8, 4) is 0 Å². The van der Waals surface area contributed by atoms with E-state index >= 15 is 0 Å². The number of benzene rings is 1. The summed E-state index contributed by atoms with van der Waals surface area (Å²) in [5, 5.41) is 0. The van der Waals surface area contributed by atoms with Crippen LogP contribution in [0.5, 0.6) is 0 Å². The van der Waals surface area contributed by atoms with Gasteiger partial charge < -0.3 is 14.2 Å². The molecule has 2 rings (SSSR count). The van der Waals surface area contributed by atoms with Crippen LogP contribution in [0, 0.1) is 0 Å². The van der Waals surface area contributed by atoms with Gasteiger partial charge in [-0.25, -0.2) is 9.59 Å². The topological polar surface area (TPSA) is 114 Å². The summed E-state index contributed by atoms with van der Waals surface area (Å²) in [4.78, 5) is 36.5. The number of hydrogen-bond donors (Lipinski definition) is 0. The molecule has 0 radical (unpaired) electrons. The molecule has 168 valence electrons. The molecule has 9 nitrogen and oxygen atoms in total. The van der Waals surface area contributed by atoms with Crippen LogP contribution in [0.25, 0.3) is 0 Å². The Balaban J connectivity index is 1.95. The van der Waals surface area contributed by atoms with Crippen LogP contribution in [0.3, 0.4) is 0 Å². The Kier molecular flexibility index (Phi) is 6.80. The maximum atomic E-state index is 12.3. The lowest BCUT2D eigenvalue weighted by Gasteiger charge is -2.35. The fraction of sp³-hybridized carbons (Fsp3) is 0.409. The lowest BCUT2D eigenvalue weighted by Crippen LogP contribution is -2.44. The van der Waals surface area contributed by atoms with E-state index in [9.17, 15) is 14.4 Å². The molecule has 31 heavy (non-hydrogen) atoms. The minimum atomic E-state index is -1.58. The average Bonchev–Trinajstić information content (AvgIpc) is 2.57. The molecule has 0 aliphatic rings. The lowest BCUT2D eigenvalue weighted by atomic mass is 9.98. The van der Waals surface area contributed by atoms with Gasteiger partial charge in [-0.2, -0.15) is 0 Å². The van der Waals surface area contributed by atoms with Crippen LogP contribution in [-0.4, -0.2) is 29.5 Å².